The molecule has 94 valence electrons. The van der Waals surface area contributed by atoms with Crippen LogP contribution in [0.3, 0.4) is 0 Å². The molecule has 0 unspecified atom stereocenters. The topological polar surface area (TPSA) is 38.5 Å². The van der Waals surface area contributed by atoms with Crippen molar-refractivity contribution in [3.05, 3.63) is 23.8 Å². The molecular weight excluding hydrogens is 212 g/mol. The Morgan fingerprint density at radius 1 is 1.24 bits per heavy atom. The second-order valence-corrected chi connectivity index (χ2v) is 4.78. The zero-order valence-corrected chi connectivity index (χ0v) is 10.6. The smallest absolute Gasteiger partial charge is 0.124 e. The molecule has 2 N–H and O–H groups in total. The quantitative estimate of drug-likeness (QED) is 0.813. The van der Waals surface area contributed by atoms with Crippen LogP contribution < -0.4 is 10.5 Å². The summed E-state index contributed by atoms with van der Waals surface area (Å²) in [6.45, 7) is 6.27. The van der Waals surface area contributed by atoms with Crippen LogP contribution in [0.15, 0.2) is 18.2 Å². The number of benzene rings is 1. The third kappa shape index (κ3) is 3.63. The van der Waals surface area contributed by atoms with Crippen molar-refractivity contribution in [1.29, 1.82) is 0 Å². The van der Waals surface area contributed by atoms with Gasteiger partial charge in [0, 0.05) is 18.3 Å². The lowest BCUT2D eigenvalue weighted by Crippen LogP contribution is -2.33. The average Bonchev–Trinajstić information content (AvgIpc) is 2.35. The van der Waals surface area contributed by atoms with Crippen molar-refractivity contribution in [3.8, 4) is 5.75 Å². The van der Waals surface area contributed by atoms with E-state index in [1.165, 1.54) is 32.4 Å². The van der Waals surface area contributed by atoms with Crippen LogP contribution in [0, 0.1) is 6.92 Å². The summed E-state index contributed by atoms with van der Waals surface area (Å²) < 4.78 is 5.80. The molecule has 1 heterocycles. The van der Waals surface area contributed by atoms with Gasteiger partial charge in [0.2, 0.25) is 0 Å². The Bertz CT molecular complexity index is 359. The molecule has 3 nitrogen and oxygen atoms in total. The number of ether oxygens (including phenoxy) is 1. The van der Waals surface area contributed by atoms with Crippen LogP contribution in [0.1, 0.15) is 24.8 Å². The minimum atomic E-state index is 0.754. The van der Waals surface area contributed by atoms with Gasteiger partial charge in [-0.2, -0.15) is 0 Å². The zero-order chi connectivity index (χ0) is 12.1. The molecule has 0 saturated carbocycles. The van der Waals surface area contributed by atoms with E-state index in [0.717, 1.165) is 30.2 Å². The Morgan fingerprint density at radius 2 is 2.00 bits per heavy atom. The maximum Gasteiger partial charge on any atom is 0.124 e. The van der Waals surface area contributed by atoms with E-state index in [-0.39, 0.29) is 0 Å². The van der Waals surface area contributed by atoms with Crippen LogP contribution in [-0.2, 0) is 0 Å². The van der Waals surface area contributed by atoms with Crippen LogP contribution in [-0.4, -0.2) is 31.1 Å². The summed E-state index contributed by atoms with van der Waals surface area (Å²) in [6, 6.07) is 5.82. The van der Waals surface area contributed by atoms with Gasteiger partial charge in [-0.3, -0.25) is 4.90 Å². The Labute approximate surface area is 104 Å². The van der Waals surface area contributed by atoms with E-state index in [4.69, 9.17) is 10.5 Å². The average molecular weight is 234 g/mol. The Balaban J connectivity index is 1.79. The molecule has 0 aromatic heterocycles. The molecule has 0 spiro atoms. The number of likely N-dealkylation sites (tertiary alicyclic amines) is 1. The molecular formula is C14H22N2O. The summed E-state index contributed by atoms with van der Waals surface area (Å²) in [6.07, 6.45) is 4.04. The first kappa shape index (κ1) is 12.2. The first-order chi connectivity index (χ1) is 8.25. The first-order valence-corrected chi connectivity index (χ1v) is 6.47. The summed E-state index contributed by atoms with van der Waals surface area (Å²) in [5, 5.41) is 0. The van der Waals surface area contributed by atoms with Crippen molar-refractivity contribution in [2.75, 3.05) is 32.0 Å². The second kappa shape index (κ2) is 5.92. The highest BCUT2D eigenvalue weighted by atomic mass is 16.5. The number of aryl methyl sites for hydroxylation is 1. The molecule has 0 bridgehead atoms. The molecule has 0 aliphatic carbocycles. The number of anilines is 1. The fraction of sp³-hybridized carbons (Fsp3) is 0.571. The summed E-state index contributed by atoms with van der Waals surface area (Å²) in [5.74, 6) is 0.919. The molecule has 1 aromatic rings. The largest absolute Gasteiger partial charge is 0.492 e. The van der Waals surface area contributed by atoms with Gasteiger partial charge in [-0.15, -0.1) is 0 Å². The van der Waals surface area contributed by atoms with Crippen LogP contribution in [0.4, 0.5) is 5.69 Å². The Kier molecular flexibility index (Phi) is 4.26. The molecule has 2 rings (SSSR count). The van der Waals surface area contributed by atoms with Gasteiger partial charge in [0.15, 0.2) is 0 Å². The lowest BCUT2D eigenvalue weighted by Gasteiger charge is -2.26. The molecule has 1 fully saturated rings. The number of hydrogen-bond donors (Lipinski definition) is 1. The first-order valence-electron chi connectivity index (χ1n) is 6.47. The molecule has 1 aliphatic rings. The number of hydrogen-bond acceptors (Lipinski definition) is 3. The highest BCUT2D eigenvalue weighted by molar-refractivity contribution is 5.47. The van der Waals surface area contributed by atoms with Crippen molar-refractivity contribution in [1.82, 2.24) is 4.90 Å². The molecule has 1 saturated heterocycles. The van der Waals surface area contributed by atoms with Crippen LogP contribution in [0.2, 0.25) is 0 Å². The van der Waals surface area contributed by atoms with E-state index < -0.39 is 0 Å². The zero-order valence-electron chi connectivity index (χ0n) is 10.6. The fourth-order valence-electron chi connectivity index (χ4n) is 2.24. The highest BCUT2D eigenvalue weighted by Gasteiger charge is 2.09. The Morgan fingerprint density at radius 3 is 2.76 bits per heavy atom. The molecule has 0 amide bonds. The normalized spacial score (nSPS) is 17.0. The van der Waals surface area contributed by atoms with Gasteiger partial charge < -0.3 is 10.5 Å². The number of nitrogen functional groups attached to an aromatic ring is 1. The van der Waals surface area contributed by atoms with Crippen LogP contribution >= 0.6 is 0 Å². The predicted molar refractivity (Wildman–Crippen MR) is 71.4 cm³/mol. The Hall–Kier alpha value is -1.22. The summed E-state index contributed by atoms with van der Waals surface area (Å²) in [7, 11) is 0. The fourth-order valence-corrected chi connectivity index (χ4v) is 2.24. The lowest BCUT2D eigenvalue weighted by atomic mass is 10.1. The maximum atomic E-state index is 5.80. The molecule has 1 aromatic carbocycles. The molecule has 0 atom stereocenters. The van der Waals surface area contributed by atoms with Gasteiger partial charge in [0.25, 0.3) is 0 Å². The summed E-state index contributed by atoms with van der Waals surface area (Å²) in [5.41, 5.74) is 7.67. The summed E-state index contributed by atoms with van der Waals surface area (Å²) in [4.78, 5) is 2.48. The highest BCUT2D eigenvalue weighted by Crippen LogP contribution is 2.20. The van der Waals surface area contributed by atoms with Gasteiger partial charge in [-0.25, -0.2) is 0 Å². The maximum absolute atomic E-state index is 5.80. The van der Waals surface area contributed by atoms with Crippen molar-refractivity contribution in [3.63, 3.8) is 0 Å². The van der Waals surface area contributed by atoms with E-state index in [9.17, 15) is 0 Å². The van der Waals surface area contributed by atoms with Crippen LogP contribution in [0.5, 0.6) is 5.75 Å². The standard InChI is InChI=1S/C14H22N2O/c1-12-5-6-13(15)11-14(12)17-10-9-16-7-3-2-4-8-16/h5-6,11H,2-4,7-10,15H2,1H3. The van der Waals surface area contributed by atoms with E-state index in [2.05, 4.69) is 11.8 Å². The van der Waals surface area contributed by atoms with Crippen molar-refractivity contribution in [2.45, 2.75) is 26.2 Å². The van der Waals surface area contributed by atoms with E-state index in [1.807, 2.05) is 18.2 Å². The monoisotopic (exact) mass is 234 g/mol. The second-order valence-electron chi connectivity index (χ2n) is 4.78. The third-order valence-corrected chi connectivity index (χ3v) is 3.33. The predicted octanol–water partition coefficient (Wildman–Crippen LogP) is 2.44. The van der Waals surface area contributed by atoms with Crippen LogP contribution in [0.25, 0.3) is 0 Å². The SMILES string of the molecule is Cc1ccc(N)cc1OCCN1CCCCC1. The minimum absolute atomic E-state index is 0.754. The van der Waals surface area contributed by atoms with E-state index >= 15 is 0 Å². The van der Waals surface area contributed by atoms with Gasteiger partial charge >= 0.3 is 0 Å². The number of nitrogens with two attached hydrogens (primary N) is 1. The van der Waals surface area contributed by atoms with E-state index in [0.29, 0.717) is 0 Å². The number of nitrogens with zero attached hydrogens (tertiary/aromatic N) is 1. The van der Waals surface area contributed by atoms with Gasteiger partial charge in [0.1, 0.15) is 12.4 Å². The summed E-state index contributed by atoms with van der Waals surface area (Å²) >= 11 is 0. The minimum Gasteiger partial charge on any atom is -0.492 e. The van der Waals surface area contributed by atoms with Gasteiger partial charge in [-0.05, 0) is 44.5 Å². The number of piperidine rings is 1. The van der Waals surface area contributed by atoms with Crippen molar-refractivity contribution >= 4 is 5.69 Å². The molecule has 0 radical (unpaired) electrons. The third-order valence-electron chi connectivity index (χ3n) is 3.33. The van der Waals surface area contributed by atoms with Gasteiger partial charge in [0.05, 0.1) is 0 Å². The molecule has 3 heteroatoms. The van der Waals surface area contributed by atoms with E-state index in [1.54, 1.807) is 0 Å². The number of rotatable bonds is 4. The van der Waals surface area contributed by atoms with Gasteiger partial charge in [-0.1, -0.05) is 12.5 Å². The lowest BCUT2D eigenvalue weighted by molar-refractivity contribution is 0.183. The molecule has 17 heavy (non-hydrogen) atoms. The molecule has 1 aliphatic heterocycles. The van der Waals surface area contributed by atoms with Crippen molar-refractivity contribution < 1.29 is 4.74 Å². The van der Waals surface area contributed by atoms with Crippen molar-refractivity contribution in [2.24, 2.45) is 0 Å².